The molecule has 0 aromatic rings. The highest BCUT2D eigenvalue weighted by molar-refractivity contribution is 7.47. The fraction of sp³-hybridized carbons (Fsp3) is 0.956. The predicted molar refractivity (Wildman–Crippen MR) is 455 cm³/mol. The molecule has 6 atom stereocenters. The molecule has 19 heteroatoms. The predicted octanol–water partition coefficient (Wildman–Crippen LogP) is 28.2. The lowest BCUT2D eigenvalue weighted by atomic mass is 9.99. The van der Waals surface area contributed by atoms with Crippen LogP contribution in [0.25, 0.3) is 0 Å². The van der Waals surface area contributed by atoms with Crippen LogP contribution in [0.4, 0.5) is 0 Å². The topological polar surface area (TPSA) is 237 Å². The molecule has 0 rings (SSSR count). The zero-order valence-electron chi connectivity index (χ0n) is 72.6. The SMILES string of the molecule is CCCCCCCCCCCCCCCCCCCCCC(=O)OC[C@H](COP(=O)(O)OC[C@@H](O)COP(=O)(O)OC[C@@H](COC(=O)CCCCCCCCCC(C)C)OC(=O)CCCCCCCCCCCCCCCCCCCCC)OC(=O)CCCCCCCCCCCCCCCCCCCCC(C)CC. The van der Waals surface area contributed by atoms with E-state index in [0.29, 0.717) is 31.6 Å². The van der Waals surface area contributed by atoms with Gasteiger partial charge in [0, 0.05) is 25.7 Å². The lowest BCUT2D eigenvalue weighted by Crippen LogP contribution is -2.30. The van der Waals surface area contributed by atoms with Crippen LogP contribution in [-0.2, 0) is 65.4 Å². The maximum absolute atomic E-state index is 13.2. The van der Waals surface area contributed by atoms with Crippen molar-refractivity contribution in [3.63, 3.8) is 0 Å². The third-order valence-electron chi connectivity index (χ3n) is 21.8. The summed E-state index contributed by atoms with van der Waals surface area (Å²) in [5.41, 5.74) is 0. The lowest BCUT2D eigenvalue weighted by Gasteiger charge is -2.21. The molecule has 0 aromatic heterocycles. The summed E-state index contributed by atoms with van der Waals surface area (Å²) in [6.07, 6.45) is 76.6. The van der Waals surface area contributed by atoms with E-state index in [1.807, 2.05) is 0 Å². The molecule has 654 valence electrons. The Labute approximate surface area is 677 Å². The number of rotatable bonds is 90. The van der Waals surface area contributed by atoms with E-state index in [-0.39, 0.29) is 25.7 Å². The van der Waals surface area contributed by atoms with Crippen molar-refractivity contribution in [3.05, 3.63) is 0 Å². The summed E-state index contributed by atoms with van der Waals surface area (Å²) in [7, 11) is -9.93. The highest BCUT2D eigenvalue weighted by atomic mass is 31.2. The van der Waals surface area contributed by atoms with Gasteiger partial charge in [-0.2, -0.15) is 0 Å². The first kappa shape index (κ1) is 108. The summed E-state index contributed by atoms with van der Waals surface area (Å²) in [5, 5.41) is 10.7. The van der Waals surface area contributed by atoms with E-state index in [9.17, 15) is 43.2 Å². The molecule has 110 heavy (non-hydrogen) atoms. The van der Waals surface area contributed by atoms with E-state index >= 15 is 0 Å². The Bertz CT molecular complexity index is 2100. The smallest absolute Gasteiger partial charge is 0.462 e. The third-order valence-corrected chi connectivity index (χ3v) is 23.7. The summed E-state index contributed by atoms with van der Waals surface area (Å²) in [4.78, 5) is 73.4. The minimum Gasteiger partial charge on any atom is -0.462 e. The molecular formula is C91H178O17P2. The maximum Gasteiger partial charge on any atom is 0.472 e. The van der Waals surface area contributed by atoms with E-state index in [1.165, 1.54) is 302 Å². The second kappa shape index (κ2) is 82.2. The monoisotopic (exact) mass is 1610 g/mol. The van der Waals surface area contributed by atoms with E-state index < -0.39 is 97.5 Å². The molecular weight excluding hydrogens is 1430 g/mol. The van der Waals surface area contributed by atoms with Gasteiger partial charge in [-0.15, -0.1) is 0 Å². The van der Waals surface area contributed by atoms with Crippen molar-refractivity contribution >= 4 is 39.5 Å². The fourth-order valence-electron chi connectivity index (χ4n) is 14.3. The molecule has 0 aliphatic carbocycles. The van der Waals surface area contributed by atoms with Gasteiger partial charge in [0.2, 0.25) is 0 Å². The second-order valence-corrected chi connectivity index (χ2v) is 36.3. The molecule has 0 spiro atoms. The van der Waals surface area contributed by atoms with Gasteiger partial charge < -0.3 is 33.8 Å². The van der Waals surface area contributed by atoms with Crippen molar-refractivity contribution in [1.29, 1.82) is 0 Å². The number of ether oxygens (including phenoxy) is 4. The number of phosphoric acid groups is 2. The average Bonchev–Trinajstić information content (AvgIpc) is 0.900. The number of carbonyl (C=O) groups excluding carboxylic acids is 4. The Morgan fingerprint density at radius 2 is 0.464 bits per heavy atom. The molecule has 0 saturated heterocycles. The van der Waals surface area contributed by atoms with Gasteiger partial charge in [0.15, 0.2) is 12.2 Å². The van der Waals surface area contributed by atoms with Crippen molar-refractivity contribution in [2.75, 3.05) is 39.6 Å². The van der Waals surface area contributed by atoms with Crippen LogP contribution in [0, 0.1) is 11.8 Å². The highest BCUT2D eigenvalue weighted by Gasteiger charge is 2.31. The first-order chi connectivity index (χ1) is 53.4. The van der Waals surface area contributed by atoms with Gasteiger partial charge in [0.1, 0.15) is 19.3 Å². The standard InChI is InChI=1S/C91H178O17P2/c1-7-10-12-14-16-18-20-22-24-26-28-33-37-41-45-49-55-61-67-73-88(93)101-79-86(107-90(95)75-69-64-57-51-47-43-39-35-31-30-32-36-40-44-48-54-60-66-72-84(6)9-3)81-105-109(97,98)103-77-85(92)78-104-110(99,100)106-82-87(80-102-89(94)74-68-62-58-52-53-59-65-71-83(4)5)108-91(96)76-70-63-56-50-46-42-38-34-29-27-25-23-21-19-17-15-13-11-8-2/h83-87,92H,7-82H2,1-6H3,(H,97,98)(H,99,100)/t84?,85-,86-,87-/m1/s1. The third kappa shape index (κ3) is 82.6. The number of aliphatic hydroxyl groups excluding tert-OH is 1. The molecule has 0 bridgehead atoms. The number of hydrogen-bond donors (Lipinski definition) is 3. The van der Waals surface area contributed by atoms with Crippen molar-refractivity contribution in [3.8, 4) is 0 Å². The van der Waals surface area contributed by atoms with E-state index in [0.717, 1.165) is 102 Å². The second-order valence-electron chi connectivity index (χ2n) is 33.4. The minimum atomic E-state index is -4.97. The Morgan fingerprint density at radius 1 is 0.264 bits per heavy atom. The van der Waals surface area contributed by atoms with Crippen LogP contribution in [0.3, 0.4) is 0 Å². The van der Waals surface area contributed by atoms with Gasteiger partial charge in [-0.1, -0.05) is 440 Å². The molecule has 0 saturated carbocycles. The molecule has 0 aliphatic heterocycles. The van der Waals surface area contributed by atoms with E-state index in [1.54, 1.807) is 0 Å². The van der Waals surface area contributed by atoms with Gasteiger partial charge in [0.05, 0.1) is 26.4 Å². The zero-order chi connectivity index (χ0) is 80.6. The highest BCUT2D eigenvalue weighted by Crippen LogP contribution is 2.45. The van der Waals surface area contributed by atoms with Crippen molar-refractivity contribution in [1.82, 2.24) is 0 Å². The van der Waals surface area contributed by atoms with Crippen molar-refractivity contribution < 1.29 is 80.2 Å². The number of carbonyl (C=O) groups is 4. The largest absolute Gasteiger partial charge is 0.472 e. The molecule has 0 fully saturated rings. The van der Waals surface area contributed by atoms with Crippen molar-refractivity contribution in [2.24, 2.45) is 11.8 Å². The normalized spacial score (nSPS) is 14.0. The van der Waals surface area contributed by atoms with Crippen LogP contribution >= 0.6 is 15.6 Å². The summed E-state index contributed by atoms with van der Waals surface area (Å²) >= 11 is 0. The molecule has 3 N–H and O–H groups in total. The summed E-state index contributed by atoms with van der Waals surface area (Å²) in [5.74, 6) is -0.522. The number of unbranched alkanes of at least 4 members (excludes halogenated alkanes) is 59. The maximum atomic E-state index is 13.2. The summed E-state index contributed by atoms with van der Waals surface area (Å²) in [6.45, 7) is 9.71. The Balaban J connectivity index is 5.21. The lowest BCUT2D eigenvalue weighted by molar-refractivity contribution is -0.161. The number of esters is 4. The quantitative estimate of drug-likeness (QED) is 0.0222. The fourth-order valence-corrected chi connectivity index (χ4v) is 15.9. The van der Waals surface area contributed by atoms with Gasteiger partial charge in [-0.05, 0) is 37.5 Å². The molecule has 0 radical (unpaired) electrons. The number of hydrogen-bond acceptors (Lipinski definition) is 15. The van der Waals surface area contributed by atoms with Crippen LogP contribution < -0.4 is 0 Å². The summed E-state index contributed by atoms with van der Waals surface area (Å²) < 4.78 is 69.0. The first-order valence-corrected chi connectivity index (χ1v) is 50.0. The van der Waals surface area contributed by atoms with Gasteiger partial charge >= 0.3 is 39.5 Å². The van der Waals surface area contributed by atoms with Crippen LogP contribution in [-0.4, -0.2) is 96.7 Å². The summed E-state index contributed by atoms with van der Waals surface area (Å²) in [6, 6.07) is 0. The van der Waals surface area contributed by atoms with E-state index in [4.69, 9.17) is 37.0 Å². The van der Waals surface area contributed by atoms with Crippen molar-refractivity contribution in [2.45, 2.75) is 509 Å². The molecule has 17 nitrogen and oxygen atoms in total. The first-order valence-electron chi connectivity index (χ1n) is 47.0. The van der Waals surface area contributed by atoms with E-state index in [2.05, 4.69) is 41.5 Å². The minimum absolute atomic E-state index is 0.108. The Morgan fingerprint density at radius 3 is 0.691 bits per heavy atom. The van der Waals surface area contributed by atoms with Crippen LogP contribution in [0.2, 0.25) is 0 Å². The van der Waals surface area contributed by atoms with Gasteiger partial charge in [0.25, 0.3) is 0 Å². The molecule has 0 heterocycles. The average molecular weight is 1610 g/mol. The van der Waals surface area contributed by atoms with Gasteiger partial charge in [-0.25, -0.2) is 9.13 Å². The van der Waals surface area contributed by atoms with Gasteiger partial charge in [-0.3, -0.25) is 37.3 Å². The molecule has 0 aliphatic rings. The molecule has 0 aromatic carbocycles. The van der Waals surface area contributed by atoms with Crippen LogP contribution in [0.5, 0.6) is 0 Å². The number of aliphatic hydroxyl groups is 1. The zero-order valence-corrected chi connectivity index (χ0v) is 74.4. The molecule has 3 unspecified atom stereocenters. The van der Waals surface area contributed by atoms with Crippen LogP contribution in [0.15, 0.2) is 0 Å². The Hall–Kier alpha value is -1.94. The van der Waals surface area contributed by atoms with Crippen LogP contribution in [0.1, 0.15) is 491 Å². The Kier molecular flexibility index (Phi) is 80.7. The molecule has 0 amide bonds. The number of phosphoric ester groups is 2.